The minimum absolute atomic E-state index is 0.118. The summed E-state index contributed by atoms with van der Waals surface area (Å²) in [6.07, 6.45) is -0.118. The Hall–Kier alpha value is -1.91. The molecule has 0 spiro atoms. The van der Waals surface area contributed by atoms with E-state index in [1.807, 2.05) is 13.8 Å². The molecule has 0 heterocycles. The summed E-state index contributed by atoms with van der Waals surface area (Å²) >= 11 is 0. The number of rotatable bonds is 6. The number of halogens is 1. The van der Waals surface area contributed by atoms with Crippen molar-refractivity contribution < 1.29 is 19.1 Å². The van der Waals surface area contributed by atoms with Crippen LogP contribution in [0.15, 0.2) is 24.3 Å². The zero-order valence-corrected chi connectivity index (χ0v) is 11.1. The highest BCUT2D eigenvalue weighted by Gasteiger charge is 2.19. The maximum atomic E-state index is 13.5. The van der Waals surface area contributed by atoms with Gasteiger partial charge < -0.3 is 10.0 Å². The Balaban J connectivity index is 2.76. The zero-order valence-electron chi connectivity index (χ0n) is 11.1. The lowest BCUT2D eigenvalue weighted by Crippen LogP contribution is -2.39. The van der Waals surface area contributed by atoms with Crippen LogP contribution in [-0.2, 0) is 16.0 Å². The summed E-state index contributed by atoms with van der Waals surface area (Å²) in [4.78, 5) is 24.0. The van der Waals surface area contributed by atoms with Crippen molar-refractivity contribution in [2.75, 3.05) is 13.1 Å². The summed E-state index contributed by atoms with van der Waals surface area (Å²) in [5, 5.41) is 8.80. The van der Waals surface area contributed by atoms with Gasteiger partial charge >= 0.3 is 5.97 Å². The number of carboxylic acid groups (broad SMARTS) is 1. The van der Waals surface area contributed by atoms with Crippen molar-refractivity contribution in [3.05, 3.63) is 35.6 Å². The molecule has 0 radical (unpaired) electrons. The third-order valence-electron chi connectivity index (χ3n) is 2.56. The Morgan fingerprint density at radius 3 is 2.47 bits per heavy atom. The molecule has 1 aromatic carbocycles. The van der Waals surface area contributed by atoms with E-state index >= 15 is 0 Å². The van der Waals surface area contributed by atoms with Gasteiger partial charge in [-0.1, -0.05) is 32.0 Å². The number of carbonyl (C=O) groups excluding carboxylic acids is 1. The molecule has 0 unspecified atom stereocenters. The van der Waals surface area contributed by atoms with Crippen molar-refractivity contribution in [2.24, 2.45) is 5.92 Å². The fourth-order valence-corrected chi connectivity index (χ4v) is 1.78. The molecule has 0 aliphatic heterocycles. The van der Waals surface area contributed by atoms with Crippen LogP contribution in [0.5, 0.6) is 0 Å². The number of amides is 1. The number of nitrogens with zero attached hydrogens (tertiary/aromatic N) is 1. The fourth-order valence-electron chi connectivity index (χ4n) is 1.78. The first kappa shape index (κ1) is 15.1. The Morgan fingerprint density at radius 1 is 1.32 bits per heavy atom. The lowest BCUT2D eigenvalue weighted by molar-refractivity contribution is -0.144. The molecule has 4 nitrogen and oxygen atoms in total. The van der Waals surface area contributed by atoms with Gasteiger partial charge in [-0.2, -0.15) is 0 Å². The standard InChI is InChI=1S/C14H18FNO3/c1-10(2)8-16(9-14(18)19)13(17)7-11-5-3-4-6-12(11)15/h3-6,10H,7-9H2,1-2H3,(H,18,19). The smallest absolute Gasteiger partial charge is 0.323 e. The van der Waals surface area contributed by atoms with Crippen molar-refractivity contribution in [2.45, 2.75) is 20.3 Å². The second-order valence-corrected chi connectivity index (χ2v) is 4.83. The van der Waals surface area contributed by atoms with E-state index in [0.29, 0.717) is 6.54 Å². The second kappa shape index (κ2) is 6.87. The minimum Gasteiger partial charge on any atom is -0.480 e. The van der Waals surface area contributed by atoms with Gasteiger partial charge in [0, 0.05) is 6.54 Å². The molecule has 0 aromatic heterocycles. The molecular formula is C14H18FNO3. The highest BCUT2D eigenvalue weighted by Crippen LogP contribution is 2.10. The van der Waals surface area contributed by atoms with Gasteiger partial charge in [0.1, 0.15) is 12.4 Å². The summed E-state index contributed by atoms with van der Waals surface area (Å²) in [6, 6.07) is 6.01. The Kier molecular flexibility index (Phi) is 5.48. The minimum atomic E-state index is -1.07. The molecule has 1 N–H and O–H groups in total. The van der Waals surface area contributed by atoms with E-state index in [1.165, 1.54) is 17.0 Å². The van der Waals surface area contributed by atoms with Gasteiger partial charge in [0.15, 0.2) is 0 Å². The summed E-state index contributed by atoms with van der Waals surface area (Å²) in [6.45, 7) is 3.78. The van der Waals surface area contributed by atoms with Crippen LogP contribution >= 0.6 is 0 Å². The normalized spacial score (nSPS) is 10.5. The first-order valence-corrected chi connectivity index (χ1v) is 6.13. The van der Waals surface area contributed by atoms with E-state index in [9.17, 15) is 14.0 Å². The topological polar surface area (TPSA) is 57.6 Å². The van der Waals surface area contributed by atoms with Crippen LogP contribution in [-0.4, -0.2) is 35.0 Å². The summed E-state index contributed by atoms with van der Waals surface area (Å²) < 4.78 is 13.5. The lowest BCUT2D eigenvalue weighted by Gasteiger charge is -2.22. The average Bonchev–Trinajstić information content (AvgIpc) is 2.30. The average molecular weight is 267 g/mol. The molecule has 0 bridgehead atoms. The van der Waals surface area contributed by atoms with Gasteiger partial charge in [0.05, 0.1) is 6.42 Å². The van der Waals surface area contributed by atoms with Crippen LogP contribution in [0.3, 0.4) is 0 Å². The highest BCUT2D eigenvalue weighted by molar-refractivity contribution is 5.83. The lowest BCUT2D eigenvalue weighted by atomic mass is 10.1. The number of carbonyl (C=O) groups is 2. The highest BCUT2D eigenvalue weighted by atomic mass is 19.1. The first-order chi connectivity index (χ1) is 8.90. The van der Waals surface area contributed by atoms with Crippen molar-refractivity contribution >= 4 is 11.9 Å². The Morgan fingerprint density at radius 2 is 1.95 bits per heavy atom. The van der Waals surface area contributed by atoms with Crippen LogP contribution < -0.4 is 0 Å². The molecule has 1 aromatic rings. The summed E-state index contributed by atoms with van der Waals surface area (Å²) in [5.41, 5.74) is 0.284. The molecule has 104 valence electrons. The van der Waals surface area contributed by atoms with E-state index in [1.54, 1.807) is 12.1 Å². The molecular weight excluding hydrogens is 249 g/mol. The van der Waals surface area contributed by atoms with Crippen LogP contribution in [0.1, 0.15) is 19.4 Å². The molecule has 0 fully saturated rings. The van der Waals surface area contributed by atoms with Crippen LogP contribution in [0.25, 0.3) is 0 Å². The van der Waals surface area contributed by atoms with E-state index in [4.69, 9.17) is 5.11 Å². The number of aliphatic carboxylic acids is 1. The molecule has 0 saturated heterocycles. The number of hydrogen-bond acceptors (Lipinski definition) is 2. The maximum absolute atomic E-state index is 13.5. The van der Waals surface area contributed by atoms with Gasteiger partial charge in [0.2, 0.25) is 5.91 Å². The molecule has 19 heavy (non-hydrogen) atoms. The van der Waals surface area contributed by atoms with Gasteiger partial charge in [-0.25, -0.2) is 4.39 Å². The third-order valence-corrected chi connectivity index (χ3v) is 2.56. The van der Waals surface area contributed by atoms with Gasteiger partial charge in [0.25, 0.3) is 0 Å². The monoisotopic (exact) mass is 267 g/mol. The first-order valence-electron chi connectivity index (χ1n) is 6.13. The molecule has 0 atom stereocenters. The molecule has 1 rings (SSSR count). The Labute approximate surface area is 111 Å². The fraction of sp³-hybridized carbons (Fsp3) is 0.429. The zero-order chi connectivity index (χ0) is 14.4. The van der Waals surface area contributed by atoms with Crippen LogP contribution in [0.4, 0.5) is 4.39 Å². The van der Waals surface area contributed by atoms with Crippen molar-refractivity contribution in [3.63, 3.8) is 0 Å². The summed E-state index contributed by atoms with van der Waals surface area (Å²) in [7, 11) is 0. The van der Waals surface area contributed by atoms with Crippen molar-refractivity contribution in [1.29, 1.82) is 0 Å². The van der Waals surface area contributed by atoms with E-state index in [-0.39, 0.29) is 30.4 Å². The number of carboxylic acids is 1. The Bertz CT molecular complexity index is 460. The second-order valence-electron chi connectivity index (χ2n) is 4.83. The van der Waals surface area contributed by atoms with Gasteiger partial charge in [-0.15, -0.1) is 0 Å². The van der Waals surface area contributed by atoms with Gasteiger partial charge in [-0.05, 0) is 17.5 Å². The predicted molar refractivity (Wildman–Crippen MR) is 69.2 cm³/mol. The van der Waals surface area contributed by atoms with Gasteiger partial charge in [-0.3, -0.25) is 9.59 Å². The SMILES string of the molecule is CC(C)CN(CC(=O)O)C(=O)Cc1ccccc1F. The molecule has 5 heteroatoms. The number of benzene rings is 1. The quantitative estimate of drug-likeness (QED) is 0.857. The van der Waals surface area contributed by atoms with Crippen LogP contribution in [0.2, 0.25) is 0 Å². The third kappa shape index (κ3) is 5.07. The van der Waals surface area contributed by atoms with E-state index < -0.39 is 11.8 Å². The summed E-state index contributed by atoms with van der Waals surface area (Å²) in [5.74, 6) is -1.73. The van der Waals surface area contributed by atoms with E-state index in [2.05, 4.69) is 0 Å². The van der Waals surface area contributed by atoms with Crippen molar-refractivity contribution in [3.8, 4) is 0 Å². The number of hydrogen-bond donors (Lipinski definition) is 1. The van der Waals surface area contributed by atoms with Crippen molar-refractivity contribution in [1.82, 2.24) is 4.90 Å². The largest absolute Gasteiger partial charge is 0.480 e. The molecule has 0 aliphatic carbocycles. The molecule has 1 amide bonds. The molecule has 0 saturated carbocycles. The molecule has 0 aliphatic rings. The van der Waals surface area contributed by atoms with Crippen LogP contribution in [0, 0.1) is 11.7 Å². The maximum Gasteiger partial charge on any atom is 0.323 e. The van der Waals surface area contributed by atoms with E-state index in [0.717, 1.165) is 0 Å². The predicted octanol–water partition coefficient (Wildman–Crippen LogP) is 1.94.